The Bertz CT molecular complexity index is 560. The Kier molecular flexibility index (Phi) is 3.42. The maximum Gasteiger partial charge on any atom is 0.307 e. The molecule has 2 aliphatic carbocycles. The van der Waals surface area contributed by atoms with Crippen molar-refractivity contribution in [3.8, 4) is 0 Å². The number of fused-ring (bicyclic) bond motifs is 2. The molecule has 1 aromatic carbocycles. The number of amides is 1. The number of carboxylic acids is 1. The van der Waals surface area contributed by atoms with Gasteiger partial charge in [0.2, 0.25) is 5.91 Å². The Morgan fingerprint density at radius 1 is 1.20 bits per heavy atom. The van der Waals surface area contributed by atoms with E-state index in [1.165, 1.54) is 0 Å². The third kappa shape index (κ3) is 2.29. The normalized spacial score (nSPS) is 31.2. The molecule has 20 heavy (non-hydrogen) atoms. The average Bonchev–Trinajstić information content (AvgIpc) is 2.98. The van der Waals surface area contributed by atoms with Crippen molar-refractivity contribution in [2.75, 3.05) is 5.32 Å². The highest BCUT2D eigenvalue weighted by Gasteiger charge is 2.53. The number of hydrogen-bond donors (Lipinski definition) is 2. The maximum atomic E-state index is 12.4. The van der Waals surface area contributed by atoms with Crippen molar-refractivity contribution in [1.82, 2.24) is 0 Å². The number of benzene rings is 1. The molecule has 1 aromatic rings. The smallest absolute Gasteiger partial charge is 0.307 e. The second-order valence-corrected chi connectivity index (χ2v) is 6.16. The highest BCUT2D eigenvalue weighted by atomic mass is 35.5. The molecule has 2 saturated carbocycles. The van der Waals surface area contributed by atoms with E-state index < -0.39 is 17.8 Å². The molecular formula is C15H16ClNO3. The van der Waals surface area contributed by atoms with E-state index in [1.54, 1.807) is 24.3 Å². The molecule has 2 aliphatic rings. The van der Waals surface area contributed by atoms with E-state index in [0.717, 1.165) is 19.3 Å². The zero-order valence-electron chi connectivity index (χ0n) is 10.9. The summed E-state index contributed by atoms with van der Waals surface area (Å²) in [6, 6.07) is 6.91. The van der Waals surface area contributed by atoms with E-state index in [-0.39, 0.29) is 17.7 Å². The van der Waals surface area contributed by atoms with E-state index in [1.807, 2.05) is 0 Å². The molecule has 5 heteroatoms. The quantitative estimate of drug-likeness (QED) is 0.900. The predicted molar refractivity (Wildman–Crippen MR) is 75.5 cm³/mol. The van der Waals surface area contributed by atoms with Crippen LogP contribution >= 0.6 is 11.6 Å². The van der Waals surface area contributed by atoms with Crippen LogP contribution in [0.1, 0.15) is 19.3 Å². The van der Waals surface area contributed by atoms with E-state index in [2.05, 4.69) is 5.32 Å². The fraction of sp³-hybridized carbons (Fsp3) is 0.467. The summed E-state index contributed by atoms with van der Waals surface area (Å²) in [5, 5.41) is 12.7. The number of nitrogens with one attached hydrogen (secondary N) is 1. The lowest BCUT2D eigenvalue weighted by molar-refractivity contribution is -0.148. The topological polar surface area (TPSA) is 66.4 Å². The number of carbonyl (C=O) groups is 2. The van der Waals surface area contributed by atoms with Crippen molar-refractivity contribution in [3.63, 3.8) is 0 Å². The SMILES string of the molecule is O=C(O)[C@H]1[C@H]2CC[C@@H](C2)[C@@H]1C(=O)Nc1cccc(Cl)c1. The molecule has 0 heterocycles. The van der Waals surface area contributed by atoms with Gasteiger partial charge in [0.05, 0.1) is 11.8 Å². The molecule has 0 aromatic heterocycles. The molecule has 1 amide bonds. The number of carboxylic acid groups (broad SMARTS) is 1. The second kappa shape index (κ2) is 5.09. The van der Waals surface area contributed by atoms with Crippen LogP contribution in [0, 0.1) is 23.7 Å². The van der Waals surface area contributed by atoms with Crippen LogP contribution in [0.5, 0.6) is 0 Å². The zero-order valence-corrected chi connectivity index (χ0v) is 11.6. The summed E-state index contributed by atoms with van der Waals surface area (Å²) in [4.78, 5) is 23.8. The lowest BCUT2D eigenvalue weighted by Crippen LogP contribution is -2.37. The number of aliphatic carboxylic acids is 1. The number of carbonyl (C=O) groups excluding carboxylic acids is 1. The van der Waals surface area contributed by atoms with Crippen LogP contribution in [0.4, 0.5) is 5.69 Å². The van der Waals surface area contributed by atoms with Crippen LogP contribution in [0.25, 0.3) is 0 Å². The summed E-state index contributed by atoms with van der Waals surface area (Å²) >= 11 is 5.88. The largest absolute Gasteiger partial charge is 0.481 e. The summed E-state index contributed by atoms with van der Waals surface area (Å²) in [5.74, 6) is -1.61. The number of anilines is 1. The van der Waals surface area contributed by atoms with Crippen LogP contribution in [-0.2, 0) is 9.59 Å². The Labute approximate surface area is 122 Å². The predicted octanol–water partition coefficient (Wildman–Crippen LogP) is 3.03. The maximum absolute atomic E-state index is 12.4. The van der Waals surface area contributed by atoms with Gasteiger partial charge in [-0.25, -0.2) is 0 Å². The van der Waals surface area contributed by atoms with E-state index in [9.17, 15) is 14.7 Å². The molecular weight excluding hydrogens is 278 g/mol. The third-order valence-electron chi connectivity index (χ3n) is 4.60. The molecule has 0 aliphatic heterocycles. The van der Waals surface area contributed by atoms with Crippen LogP contribution in [-0.4, -0.2) is 17.0 Å². The lowest BCUT2D eigenvalue weighted by Gasteiger charge is -2.27. The van der Waals surface area contributed by atoms with Crippen molar-refractivity contribution in [2.24, 2.45) is 23.7 Å². The first-order valence-corrected chi connectivity index (χ1v) is 7.23. The molecule has 2 fully saturated rings. The monoisotopic (exact) mass is 293 g/mol. The summed E-state index contributed by atoms with van der Waals surface area (Å²) in [6.45, 7) is 0. The Morgan fingerprint density at radius 2 is 1.90 bits per heavy atom. The fourth-order valence-corrected chi connectivity index (χ4v) is 4.01. The van der Waals surface area contributed by atoms with E-state index in [0.29, 0.717) is 10.7 Å². The fourth-order valence-electron chi connectivity index (χ4n) is 3.82. The molecule has 0 radical (unpaired) electrons. The molecule has 0 unspecified atom stereocenters. The molecule has 0 saturated heterocycles. The minimum absolute atomic E-state index is 0.160. The first-order valence-electron chi connectivity index (χ1n) is 6.85. The van der Waals surface area contributed by atoms with Crippen LogP contribution in [0.15, 0.2) is 24.3 Å². The summed E-state index contributed by atoms with van der Waals surface area (Å²) in [5.41, 5.74) is 0.620. The Hall–Kier alpha value is -1.55. The zero-order chi connectivity index (χ0) is 14.3. The van der Waals surface area contributed by atoms with Crippen molar-refractivity contribution in [3.05, 3.63) is 29.3 Å². The number of halogens is 1. The molecule has 3 rings (SSSR count). The van der Waals surface area contributed by atoms with Crippen LogP contribution < -0.4 is 5.32 Å². The van der Waals surface area contributed by atoms with Crippen molar-refractivity contribution in [1.29, 1.82) is 0 Å². The van der Waals surface area contributed by atoms with Crippen molar-refractivity contribution < 1.29 is 14.7 Å². The van der Waals surface area contributed by atoms with Crippen LogP contribution in [0.2, 0.25) is 5.02 Å². The Balaban J connectivity index is 1.78. The minimum Gasteiger partial charge on any atom is -0.481 e. The first kappa shape index (κ1) is 13.4. The van der Waals surface area contributed by atoms with Crippen LogP contribution in [0.3, 0.4) is 0 Å². The van der Waals surface area contributed by atoms with Gasteiger partial charge in [-0.1, -0.05) is 17.7 Å². The van der Waals surface area contributed by atoms with Gasteiger partial charge in [-0.2, -0.15) is 0 Å². The molecule has 4 atom stereocenters. The third-order valence-corrected chi connectivity index (χ3v) is 4.83. The minimum atomic E-state index is -0.844. The highest BCUT2D eigenvalue weighted by Crippen LogP contribution is 2.52. The average molecular weight is 294 g/mol. The van der Waals surface area contributed by atoms with Gasteiger partial charge in [0.25, 0.3) is 0 Å². The van der Waals surface area contributed by atoms with Crippen molar-refractivity contribution in [2.45, 2.75) is 19.3 Å². The van der Waals surface area contributed by atoms with Gasteiger partial charge in [0, 0.05) is 10.7 Å². The van der Waals surface area contributed by atoms with Crippen molar-refractivity contribution >= 4 is 29.2 Å². The van der Waals surface area contributed by atoms with Gasteiger partial charge in [0.15, 0.2) is 0 Å². The van der Waals surface area contributed by atoms with Gasteiger partial charge in [0.1, 0.15) is 0 Å². The first-order chi connectivity index (χ1) is 9.56. The van der Waals surface area contributed by atoms with Gasteiger partial charge in [-0.15, -0.1) is 0 Å². The standard InChI is InChI=1S/C15H16ClNO3/c16-10-2-1-3-11(7-10)17-14(18)12-8-4-5-9(6-8)13(12)15(19)20/h1-3,7-9,12-13H,4-6H2,(H,17,18)(H,19,20)/t8-,9-,12-,13-/m0/s1. The lowest BCUT2D eigenvalue weighted by atomic mass is 9.78. The highest BCUT2D eigenvalue weighted by molar-refractivity contribution is 6.30. The van der Waals surface area contributed by atoms with Gasteiger partial charge >= 0.3 is 5.97 Å². The molecule has 4 nitrogen and oxygen atoms in total. The van der Waals surface area contributed by atoms with E-state index in [4.69, 9.17) is 11.6 Å². The molecule has 2 N–H and O–H groups in total. The molecule has 106 valence electrons. The van der Waals surface area contributed by atoms with Gasteiger partial charge in [-0.3, -0.25) is 9.59 Å². The summed E-state index contributed by atoms with van der Waals surface area (Å²) in [7, 11) is 0. The van der Waals surface area contributed by atoms with Gasteiger partial charge < -0.3 is 10.4 Å². The number of hydrogen-bond acceptors (Lipinski definition) is 2. The Morgan fingerprint density at radius 3 is 2.55 bits per heavy atom. The summed E-state index contributed by atoms with van der Waals surface area (Å²) in [6.07, 6.45) is 2.76. The summed E-state index contributed by atoms with van der Waals surface area (Å²) < 4.78 is 0. The van der Waals surface area contributed by atoms with E-state index >= 15 is 0 Å². The number of rotatable bonds is 3. The molecule has 0 spiro atoms. The van der Waals surface area contributed by atoms with Gasteiger partial charge in [-0.05, 0) is 49.3 Å². The molecule has 2 bridgehead atoms. The second-order valence-electron chi connectivity index (χ2n) is 5.72.